The van der Waals surface area contributed by atoms with E-state index in [1.165, 1.54) is 10.9 Å². The van der Waals surface area contributed by atoms with E-state index in [0.29, 0.717) is 0 Å². The summed E-state index contributed by atoms with van der Waals surface area (Å²) in [7, 11) is 0. The van der Waals surface area contributed by atoms with E-state index in [2.05, 4.69) is 31.1 Å². The third-order valence-electron chi connectivity index (χ3n) is 3.40. The smallest absolute Gasteiger partial charge is 0.0708 e. The molecule has 0 fully saturated rings. The minimum Gasteiger partial charge on any atom is -0.271 e. The molecule has 3 N–H and O–H groups in total. The Morgan fingerprint density at radius 3 is 2.95 bits per heavy atom. The summed E-state index contributed by atoms with van der Waals surface area (Å²) in [5.74, 6) is 5.67. The fourth-order valence-corrected chi connectivity index (χ4v) is 2.34. The number of hydrogen-bond donors (Lipinski definition) is 2. The highest BCUT2D eigenvalue weighted by Gasteiger charge is 2.12. The molecule has 0 spiro atoms. The quantitative estimate of drug-likeness (QED) is 0.360. The Bertz CT molecular complexity index is 563. The fraction of sp³-hybridized carbons (Fsp3) is 0.312. The number of allylic oxidation sites excluding steroid dienone is 1. The Morgan fingerprint density at radius 2 is 2.21 bits per heavy atom. The molecule has 2 aromatic rings. The highest BCUT2D eigenvalue weighted by Crippen LogP contribution is 2.23. The molecule has 3 nitrogen and oxygen atoms in total. The van der Waals surface area contributed by atoms with Crippen molar-refractivity contribution in [2.45, 2.75) is 32.2 Å². The average Bonchev–Trinajstić information content (AvgIpc) is 2.44. The largest absolute Gasteiger partial charge is 0.271 e. The lowest BCUT2D eigenvalue weighted by molar-refractivity contribution is 0.491. The molecule has 0 saturated heterocycles. The van der Waals surface area contributed by atoms with Gasteiger partial charge in [0.05, 0.1) is 17.3 Å². The Hall–Kier alpha value is -1.71. The first-order chi connectivity index (χ1) is 9.26. The van der Waals surface area contributed by atoms with Crippen LogP contribution in [0.5, 0.6) is 0 Å². The predicted molar refractivity (Wildman–Crippen MR) is 80.6 cm³/mol. The van der Waals surface area contributed by atoms with Crippen molar-refractivity contribution in [1.82, 2.24) is 10.4 Å². The minimum atomic E-state index is 0.100. The van der Waals surface area contributed by atoms with E-state index in [4.69, 9.17) is 10.8 Å². The van der Waals surface area contributed by atoms with Crippen LogP contribution in [0.25, 0.3) is 10.9 Å². The SMILES string of the molecule is C=CCCCC(NN)c1cc(C)c2ccccc2n1. The number of benzene rings is 1. The first-order valence-electron chi connectivity index (χ1n) is 6.69. The molecule has 0 aliphatic rings. The zero-order valence-electron chi connectivity index (χ0n) is 11.4. The summed E-state index contributed by atoms with van der Waals surface area (Å²) in [5, 5.41) is 1.20. The second kappa shape index (κ2) is 6.45. The topological polar surface area (TPSA) is 50.9 Å². The highest BCUT2D eigenvalue weighted by molar-refractivity contribution is 5.82. The standard InChI is InChI=1S/C16H21N3/c1-3-4-5-10-15(19-17)16-11-12(2)13-8-6-7-9-14(13)18-16/h3,6-9,11,15,19H,1,4-5,10,17H2,2H3. The van der Waals surface area contributed by atoms with Crippen LogP contribution in [0.3, 0.4) is 0 Å². The number of pyridine rings is 1. The average molecular weight is 255 g/mol. The Balaban J connectivity index is 2.29. The fourth-order valence-electron chi connectivity index (χ4n) is 2.34. The summed E-state index contributed by atoms with van der Waals surface area (Å²) in [4.78, 5) is 4.72. The molecular formula is C16H21N3. The molecule has 0 aliphatic carbocycles. The van der Waals surface area contributed by atoms with Gasteiger partial charge in [0.15, 0.2) is 0 Å². The maximum atomic E-state index is 5.67. The van der Waals surface area contributed by atoms with Crippen LogP contribution in [-0.4, -0.2) is 4.98 Å². The number of aryl methyl sites for hydroxylation is 1. The maximum Gasteiger partial charge on any atom is 0.0708 e. The summed E-state index contributed by atoms with van der Waals surface area (Å²) in [6, 6.07) is 10.4. The Labute approximate surface area is 114 Å². The number of nitrogens with zero attached hydrogens (tertiary/aromatic N) is 1. The van der Waals surface area contributed by atoms with Crippen LogP contribution in [0.1, 0.15) is 36.6 Å². The minimum absolute atomic E-state index is 0.100. The number of hydrogen-bond acceptors (Lipinski definition) is 3. The van der Waals surface area contributed by atoms with E-state index in [-0.39, 0.29) is 6.04 Å². The number of aromatic nitrogens is 1. The van der Waals surface area contributed by atoms with Gasteiger partial charge in [-0.2, -0.15) is 0 Å². The molecular weight excluding hydrogens is 234 g/mol. The number of unbranched alkanes of at least 4 members (excludes halogenated alkanes) is 1. The summed E-state index contributed by atoms with van der Waals surface area (Å²) >= 11 is 0. The molecule has 1 atom stereocenters. The second-order valence-electron chi connectivity index (χ2n) is 4.82. The van der Waals surface area contributed by atoms with Gasteiger partial charge < -0.3 is 0 Å². The van der Waals surface area contributed by atoms with Gasteiger partial charge in [0.2, 0.25) is 0 Å². The third-order valence-corrected chi connectivity index (χ3v) is 3.40. The molecule has 100 valence electrons. The van der Waals surface area contributed by atoms with Gasteiger partial charge in [0.25, 0.3) is 0 Å². The van der Waals surface area contributed by atoms with Crippen molar-refractivity contribution in [2.24, 2.45) is 5.84 Å². The summed E-state index contributed by atoms with van der Waals surface area (Å²) in [6.45, 7) is 5.86. The van der Waals surface area contributed by atoms with Gasteiger partial charge in [0, 0.05) is 5.39 Å². The van der Waals surface area contributed by atoms with E-state index in [1.807, 2.05) is 24.3 Å². The van der Waals surface area contributed by atoms with E-state index in [1.54, 1.807) is 0 Å². The molecule has 1 heterocycles. The van der Waals surface area contributed by atoms with Crippen LogP contribution in [0.4, 0.5) is 0 Å². The van der Waals surface area contributed by atoms with Crippen molar-refractivity contribution < 1.29 is 0 Å². The number of nitrogens with one attached hydrogen (secondary N) is 1. The normalized spacial score (nSPS) is 12.5. The molecule has 0 bridgehead atoms. The molecule has 1 unspecified atom stereocenters. The van der Waals surface area contributed by atoms with Gasteiger partial charge in [-0.25, -0.2) is 0 Å². The van der Waals surface area contributed by atoms with E-state index in [0.717, 1.165) is 30.5 Å². The lowest BCUT2D eigenvalue weighted by atomic mass is 10.0. The summed E-state index contributed by atoms with van der Waals surface area (Å²) in [6.07, 6.45) is 4.97. The van der Waals surface area contributed by atoms with Crippen LogP contribution in [-0.2, 0) is 0 Å². The van der Waals surface area contributed by atoms with Crippen LogP contribution in [0.2, 0.25) is 0 Å². The van der Waals surface area contributed by atoms with Crippen LogP contribution in [0.15, 0.2) is 43.0 Å². The van der Waals surface area contributed by atoms with Crippen molar-refractivity contribution in [3.8, 4) is 0 Å². The lowest BCUT2D eigenvalue weighted by Gasteiger charge is -2.16. The van der Waals surface area contributed by atoms with E-state index < -0.39 is 0 Å². The zero-order chi connectivity index (χ0) is 13.7. The van der Waals surface area contributed by atoms with Gasteiger partial charge in [0.1, 0.15) is 0 Å². The van der Waals surface area contributed by atoms with Crippen molar-refractivity contribution in [3.63, 3.8) is 0 Å². The molecule has 3 heteroatoms. The molecule has 1 aromatic carbocycles. The Morgan fingerprint density at radius 1 is 1.42 bits per heavy atom. The molecule has 2 rings (SSSR count). The molecule has 0 saturated carbocycles. The van der Waals surface area contributed by atoms with E-state index >= 15 is 0 Å². The van der Waals surface area contributed by atoms with Gasteiger partial charge >= 0.3 is 0 Å². The maximum absolute atomic E-state index is 5.67. The van der Waals surface area contributed by atoms with Crippen molar-refractivity contribution in [1.29, 1.82) is 0 Å². The van der Waals surface area contributed by atoms with Gasteiger partial charge in [-0.15, -0.1) is 6.58 Å². The van der Waals surface area contributed by atoms with Crippen LogP contribution < -0.4 is 11.3 Å². The molecule has 0 amide bonds. The predicted octanol–water partition coefficient (Wildman–Crippen LogP) is 3.40. The Kier molecular flexibility index (Phi) is 4.66. The van der Waals surface area contributed by atoms with Gasteiger partial charge in [-0.3, -0.25) is 16.3 Å². The number of rotatable bonds is 6. The van der Waals surface area contributed by atoms with Crippen LogP contribution in [0, 0.1) is 6.92 Å². The lowest BCUT2D eigenvalue weighted by Crippen LogP contribution is -2.28. The highest BCUT2D eigenvalue weighted by atomic mass is 15.2. The van der Waals surface area contributed by atoms with Crippen LogP contribution >= 0.6 is 0 Å². The van der Waals surface area contributed by atoms with Gasteiger partial charge in [-0.05, 0) is 43.9 Å². The van der Waals surface area contributed by atoms with E-state index in [9.17, 15) is 0 Å². The van der Waals surface area contributed by atoms with Crippen molar-refractivity contribution in [3.05, 3.63) is 54.2 Å². The van der Waals surface area contributed by atoms with Crippen molar-refractivity contribution in [2.75, 3.05) is 0 Å². The zero-order valence-corrected chi connectivity index (χ0v) is 11.4. The molecule has 1 aromatic heterocycles. The van der Waals surface area contributed by atoms with Crippen molar-refractivity contribution >= 4 is 10.9 Å². The molecule has 0 radical (unpaired) electrons. The third kappa shape index (κ3) is 3.19. The first kappa shape index (κ1) is 13.7. The number of hydrazine groups is 1. The molecule has 19 heavy (non-hydrogen) atoms. The second-order valence-corrected chi connectivity index (χ2v) is 4.82. The monoisotopic (exact) mass is 255 g/mol. The number of nitrogens with two attached hydrogens (primary N) is 1. The molecule has 0 aliphatic heterocycles. The number of fused-ring (bicyclic) bond motifs is 1. The summed E-state index contributed by atoms with van der Waals surface area (Å²) in [5.41, 5.74) is 6.16. The number of para-hydroxylation sites is 1. The summed E-state index contributed by atoms with van der Waals surface area (Å²) < 4.78 is 0. The van der Waals surface area contributed by atoms with Gasteiger partial charge in [-0.1, -0.05) is 24.3 Å². The first-order valence-corrected chi connectivity index (χ1v) is 6.69.